The molecule has 0 saturated carbocycles. The van der Waals surface area contributed by atoms with Gasteiger partial charge in [-0.25, -0.2) is 0 Å². The van der Waals surface area contributed by atoms with Crippen LogP contribution in [0.5, 0.6) is 5.75 Å². The van der Waals surface area contributed by atoms with Crippen LogP contribution >= 0.6 is 11.6 Å². The van der Waals surface area contributed by atoms with E-state index in [-0.39, 0.29) is 37.3 Å². The van der Waals surface area contributed by atoms with Crippen LogP contribution in [0.15, 0.2) is 48.6 Å². The van der Waals surface area contributed by atoms with Gasteiger partial charge in [-0.3, -0.25) is 4.79 Å². The Kier molecular flexibility index (Phi) is 11.1. The van der Waals surface area contributed by atoms with E-state index in [4.69, 9.17) is 25.8 Å². The van der Waals surface area contributed by atoms with E-state index in [0.29, 0.717) is 23.6 Å². The zero-order chi connectivity index (χ0) is 22.6. The largest absolute Gasteiger partial charge is 0.491 e. The van der Waals surface area contributed by atoms with Gasteiger partial charge in [0.1, 0.15) is 18.5 Å². The van der Waals surface area contributed by atoms with Crippen molar-refractivity contribution in [2.45, 2.75) is 63.9 Å². The lowest BCUT2D eigenvalue weighted by molar-refractivity contribution is -0.147. The van der Waals surface area contributed by atoms with E-state index < -0.39 is 12.2 Å². The molecular weight excluding hydrogens is 420 g/mol. The van der Waals surface area contributed by atoms with E-state index in [1.54, 1.807) is 36.4 Å². The SMILES string of the molecule is CC(C)OC(=O)CCC=CCC[C@H]1[C@@H](O)CO[C@@H]1C=C[C@H](O)COc1cccc(Cl)c1. The van der Waals surface area contributed by atoms with Crippen LogP contribution in [0, 0.1) is 5.92 Å². The molecule has 2 N–H and O–H groups in total. The fourth-order valence-corrected chi connectivity index (χ4v) is 3.49. The lowest BCUT2D eigenvalue weighted by Crippen LogP contribution is -2.23. The summed E-state index contributed by atoms with van der Waals surface area (Å²) in [7, 11) is 0. The van der Waals surface area contributed by atoms with Crippen LogP contribution < -0.4 is 4.74 Å². The predicted molar refractivity (Wildman–Crippen MR) is 120 cm³/mol. The molecule has 0 bridgehead atoms. The molecule has 1 aromatic rings. The number of hydrogen-bond acceptors (Lipinski definition) is 6. The highest BCUT2D eigenvalue weighted by Crippen LogP contribution is 2.27. The normalized spacial score (nSPS) is 22.5. The standard InChI is InChI=1S/C24H33ClO6/c1-17(2)31-24(28)11-6-4-3-5-10-21-22(27)16-30-23(21)13-12-19(26)15-29-20-9-7-8-18(25)14-20/h3-4,7-9,12-14,17,19,21-23,26-27H,5-6,10-11,15-16H2,1-2H3/t19-,21-,22-,23+/m0/s1. The van der Waals surface area contributed by atoms with E-state index in [2.05, 4.69) is 0 Å². The highest BCUT2D eigenvalue weighted by molar-refractivity contribution is 6.30. The molecule has 4 atom stereocenters. The second-order valence-corrected chi connectivity index (χ2v) is 8.31. The molecule has 1 fully saturated rings. The minimum Gasteiger partial charge on any atom is -0.491 e. The summed E-state index contributed by atoms with van der Waals surface area (Å²) < 4.78 is 16.3. The van der Waals surface area contributed by atoms with Gasteiger partial charge in [-0.05, 0) is 51.3 Å². The number of carbonyl (C=O) groups is 1. The molecule has 0 radical (unpaired) electrons. The molecule has 0 aliphatic carbocycles. The number of carbonyl (C=O) groups excluding carboxylic acids is 1. The number of rotatable bonds is 12. The van der Waals surface area contributed by atoms with Crippen LogP contribution in [0.2, 0.25) is 5.02 Å². The Morgan fingerprint density at radius 2 is 2.10 bits per heavy atom. The van der Waals surface area contributed by atoms with Crippen molar-refractivity contribution in [3.8, 4) is 5.75 Å². The molecule has 0 spiro atoms. The van der Waals surface area contributed by atoms with E-state index in [0.717, 1.165) is 12.8 Å². The number of halogens is 1. The summed E-state index contributed by atoms with van der Waals surface area (Å²) in [5, 5.41) is 20.9. The van der Waals surface area contributed by atoms with Gasteiger partial charge in [-0.1, -0.05) is 42.0 Å². The van der Waals surface area contributed by atoms with Crippen molar-refractivity contribution in [1.29, 1.82) is 0 Å². The fraction of sp³-hybridized carbons (Fsp3) is 0.542. The van der Waals surface area contributed by atoms with Gasteiger partial charge >= 0.3 is 5.97 Å². The number of hydrogen-bond donors (Lipinski definition) is 2. The van der Waals surface area contributed by atoms with Gasteiger partial charge in [0.05, 0.1) is 24.9 Å². The molecule has 0 unspecified atom stereocenters. The molecule has 172 valence electrons. The van der Waals surface area contributed by atoms with Crippen molar-refractivity contribution in [3.05, 3.63) is 53.6 Å². The Balaban J connectivity index is 1.71. The average molecular weight is 453 g/mol. The molecule has 1 heterocycles. The van der Waals surface area contributed by atoms with E-state index in [9.17, 15) is 15.0 Å². The smallest absolute Gasteiger partial charge is 0.306 e. The van der Waals surface area contributed by atoms with Crippen LogP contribution in [-0.4, -0.2) is 53.8 Å². The number of ether oxygens (including phenoxy) is 3. The summed E-state index contributed by atoms with van der Waals surface area (Å²) in [5.74, 6) is 0.352. The van der Waals surface area contributed by atoms with Crippen molar-refractivity contribution >= 4 is 17.6 Å². The van der Waals surface area contributed by atoms with Crippen molar-refractivity contribution in [3.63, 3.8) is 0 Å². The highest BCUT2D eigenvalue weighted by Gasteiger charge is 2.33. The third-order valence-corrected chi connectivity index (χ3v) is 5.07. The van der Waals surface area contributed by atoms with Gasteiger partial charge in [-0.2, -0.15) is 0 Å². The fourth-order valence-electron chi connectivity index (χ4n) is 3.31. The van der Waals surface area contributed by atoms with Gasteiger partial charge < -0.3 is 24.4 Å². The van der Waals surface area contributed by atoms with Crippen LogP contribution in [0.25, 0.3) is 0 Å². The Morgan fingerprint density at radius 3 is 2.84 bits per heavy atom. The molecule has 7 heteroatoms. The van der Waals surface area contributed by atoms with Crippen LogP contribution in [-0.2, 0) is 14.3 Å². The van der Waals surface area contributed by atoms with Gasteiger partial charge in [0.15, 0.2) is 0 Å². The maximum Gasteiger partial charge on any atom is 0.306 e. The number of benzene rings is 1. The van der Waals surface area contributed by atoms with Crippen LogP contribution in [0.3, 0.4) is 0 Å². The summed E-state index contributed by atoms with van der Waals surface area (Å²) in [6.07, 6.45) is 8.24. The lowest BCUT2D eigenvalue weighted by Gasteiger charge is -2.17. The Morgan fingerprint density at radius 1 is 1.32 bits per heavy atom. The van der Waals surface area contributed by atoms with Crippen molar-refractivity contribution in [1.82, 2.24) is 0 Å². The third-order valence-electron chi connectivity index (χ3n) is 4.83. The van der Waals surface area contributed by atoms with Gasteiger partial charge in [0, 0.05) is 17.4 Å². The zero-order valence-electron chi connectivity index (χ0n) is 18.2. The highest BCUT2D eigenvalue weighted by atomic mass is 35.5. The molecule has 2 rings (SSSR count). The summed E-state index contributed by atoms with van der Waals surface area (Å²) >= 11 is 5.92. The quantitative estimate of drug-likeness (QED) is 0.367. The molecule has 1 saturated heterocycles. The van der Waals surface area contributed by atoms with Crippen LogP contribution in [0.4, 0.5) is 0 Å². The molecule has 1 aliphatic rings. The summed E-state index contributed by atoms with van der Waals surface area (Å²) in [4.78, 5) is 11.5. The average Bonchev–Trinajstić information content (AvgIpc) is 3.06. The monoisotopic (exact) mass is 452 g/mol. The first kappa shape index (κ1) is 25.4. The number of esters is 1. The molecule has 1 aliphatic heterocycles. The van der Waals surface area contributed by atoms with Crippen molar-refractivity contribution in [2.75, 3.05) is 13.2 Å². The number of allylic oxidation sites excluding steroid dienone is 2. The van der Waals surface area contributed by atoms with Crippen LogP contribution in [0.1, 0.15) is 39.5 Å². The van der Waals surface area contributed by atoms with E-state index in [1.165, 1.54) is 0 Å². The van der Waals surface area contributed by atoms with Crippen molar-refractivity contribution in [2.24, 2.45) is 5.92 Å². The topological polar surface area (TPSA) is 85.2 Å². The minimum absolute atomic E-state index is 0.0483. The number of aliphatic hydroxyl groups is 2. The predicted octanol–water partition coefficient (Wildman–Crippen LogP) is 4.08. The molecule has 1 aromatic carbocycles. The Labute approximate surface area is 189 Å². The zero-order valence-corrected chi connectivity index (χ0v) is 18.9. The molecule has 0 aromatic heterocycles. The lowest BCUT2D eigenvalue weighted by atomic mass is 9.93. The first-order valence-corrected chi connectivity index (χ1v) is 11.1. The molecule has 6 nitrogen and oxygen atoms in total. The first-order valence-electron chi connectivity index (χ1n) is 10.7. The Hall–Kier alpha value is -1.86. The third kappa shape index (κ3) is 9.87. The maximum absolute atomic E-state index is 11.5. The minimum atomic E-state index is -0.800. The van der Waals surface area contributed by atoms with E-state index >= 15 is 0 Å². The second-order valence-electron chi connectivity index (χ2n) is 7.88. The van der Waals surface area contributed by atoms with Gasteiger partial charge in [0.2, 0.25) is 0 Å². The summed E-state index contributed by atoms with van der Waals surface area (Å²) in [5.41, 5.74) is 0. The number of aliphatic hydroxyl groups excluding tert-OH is 2. The molecule has 0 amide bonds. The molecular formula is C24H33ClO6. The van der Waals surface area contributed by atoms with Crippen molar-refractivity contribution < 1.29 is 29.2 Å². The maximum atomic E-state index is 11.5. The second kappa shape index (κ2) is 13.5. The molecule has 31 heavy (non-hydrogen) atoms. The first-order chi connectivity index (χ1) is 14.8. The summed E-state index contributed by atoms with van der Waals surface area (Å²) in [6.45, 7) is 4.04. The Bertz CT molecular complexity index is 733. The van der Waals surface area contributed by atoms with Gasteiger partial charge in [-0.15, -0.1) is 0 Å². The summed E-state index contributed by atoms with van der Waals surface area (Å²) in [6, 6.07) is 6.99. The van der Waals surface area contributed by atoms with Gasteiger partial charge in [0.25, 0.3) is 0 Å². The van der Waals surface area contributed by atoms with E-state index in [1.807, 2.05) is 26.0 Å².